The van der Waals surface area contributed by atoms with Gasteiger partial charge in [0.2, 0.25) is 0 Å². The number of aromatic nitrogens is 1. The zero-order valence-electron chi connectivity index (χ0n) is 19.9. The van der Waals surface area contributed by atoms with Crippen molar-refractivity contribution >= 4 is 22.0 Å². The number of guanidine groups is 1. The van der Waals surface area contributed by atoms with E-state index in [1.807, 2.05) is 48.2 Å². The highest BCUT2D eigenvalue weighted by Crippen LogP contribution is 2.30. The van der Waals surface area contributed by atoms with Gasteiger partial charge in [0.05, 0.1) is 11.9 Å². The van der Waals surface area contributed by atoms with Crippen LogP contribution in [0, 0.1) is 5.82 Å². The topological polar surface area (TPSA) is 125 Å². The fourth-order valence-corrected chi connectivity index (χ4v) is 3.58. The lowest BCUT2D eigenvalue weighted by Gasteiger charge is -2.32. The minimum absolute atomic E-state index is 0.137. The standard InChI is InChI=1S/C23H26FN5O.CH4O3S/c1-16(18-8-9-19(20(24)14-18)17-6-4-3-5-7-17)21-15-22(30-27-21)26-23(25)29-12-10-28(2)11-13-29;1-5(2,3)4/h3-9,14-16H,10-13H2,1-2H3,(H2,25,26);1H3,(H,2,3,4). The molecule has 9 nitrogen and oxygen atoms in total. The van der Waals surface area contributed by atoms with E-state index in [9.17, 15) is 12.8 Å². The third-order valence-electron chi connectivity index (χ3n) is 5.59. The average molecular weight is 504 g/mol. The van der Waals surface area contributed by atoms with Crippen LogP contribution in [0.5, 0.6) is 0 Å². The summed E-state index contributed by atoms with van der Waals surface area (Å²) in [6.45, 7) is 5.51. The van der Waals surface area contributed by atoms with Crippen LogP contribution < -0.4 is 5.73 Å². The first kappa shape index (κ1) is 26.3. The van der Waals surface area contributed by atoms with E-state index in [0.717, 1.165) is 37.3 Å². The second kappa shape index (κ2) is 11.4. The highest BCUT2D eigenvalue weighted by Gasteiger charge is 2.18. The highest BCUT2D eigenvalue weighted by molar-refractivity contribution is 7.85. The number of aliphatic imine (C=N–C) groups is 1. The van der Waals surface area contributed by atoms with Crippen molar-refractivity contribution in [3.8, 4) is 11.1 Å². The van der Waals surface area contributed by atoms with Crippen molar-refractivity contribution in [2.24, 2.45) is 10.7 Å². The number of nitrogens with zero attached hydrogens (tertiary/aromatic N) is 4. The van der Waals surface area contributed by atoms with Crippen LogP contribution in [-0.4, -0.2) is 73.4 Å². The Labute approximate surface area is 204 Å². The van der Waals surface area contributed by atoms with E-state index in [1.54, 1.807) is 18.2 Å². The Morgan fingerprint density at radius 1 is 1.14 bits per heavy atom. The van der Waals surface area contributed by atoms with Crippen LogP contribution in [0.1, 0.15) is 24.1 Å². The maximum absolute atomic E-state index is 14.7. The van der Waals surface area contributed by atoms with Crippen LogP contribution in [0.3, 0.4) is 0 Å². The summed E-state index contributed by atoms with van der Waals surface area (Å²) in [4.78, 5) is 8.66. The predicted octanol–water partition coefficient (Wildman–Crippen LogP) is 3.33. The fraction of sp³-hybridized carbons (Fsp3) is 0.333. The molecule has 0 radical (unpaired) electrons. The van der Waals surface area contributed by atoms with Gasteiger partial charge in [-0.05, 0) is 24.2 Å². The van der Waals surface area contributed by atoms with Crippen molar-refractivity contribution in [2.45, 2.75) is 12.8 Å². The summed E-state index contributed by atoms with van der Waals surface area (Å²) >= 11 is 0. The molecule has 2 heterocycles. The Kier molecular flexibility index (Phi) is 8.60. The number of halogens is 1. The Bertz CT molecular complexity index is 1250. The molecule has 35 heavy (non-hydrogen) atoms. The van der Waals surface area contributed by atoms with Gasteiger partial charge >= 0.3 is 0 Å². The molecule has 1 aliphatic heterocycles. The van der Waals surface area contributed by atoms with Crippen molar-refractivity contribution < 1.29 is 21.9 Å². The molecule has 1 aliphatic rings. The van der Waals surface area contributed by atoms with Crippen molar-refractivity contribution in [1.82, 2.24) is 15.0 Å². The molecular formula is C24H30FN5O4S. The average Bonchev–Trinajstić information content (AvgIpc) is 3.27. The monoisotopic (exact) mass is 503 g/mol. The minimum Gasteiger partial charge on any atom is -0.369 e. The fourth-order valence-electron chi connectivity index (χ4n) is 3.58. The number of nitrogens with two attached hydrogens (primary N) is 1. The van der Waals surface area contributed by atoms with E-state index in [-0.39, 0.29) is 11.7 Å². The number of likely N-dealkylation sites (N-methyl/N-ethyl adjacent to an activating group) is 1. The largest absolute Gasteiger partial charge is 0.369 e. The third-order valence-corrected chi connectivity index (χ3v) is 5.59. The van der Waals surface area contributed by atoms with E-state index < -0.39 is 10.1 Å². The maximum atomic E-state index is 14.7. The molecule has 0 saturated carbocycles. The van der Waals surface area contributed by atoms with E-state index >= 15 is 0 Å². The first-order chi connectivity index (χ1) is 16.5. The number of piperazine rings is 1. The molecule has 1 atom stereocenters. The molecule has 2 aromatic carbocycles. The van der Waals surface area contributed by atoms with Crippen molar-refractivity contribution in [1.29, 1.82) is 0 Å². The Morgan fingerprint density at radius 2 is 1.77 bits per heavy atom. The number of hydrogen-bond donors (Lipinski definition) is 2. The maximum Gasteiger partial charge on any atom is 0.261 e. The van der Waals surface area contributed by atoms with Crippen LogP contribution in [0.4, 0.5) is 10.3 Å². The summed E-state index contributed by atoms with van der Waals surface area (Å²) in [6, 6.07) is 16.6. The molecule has 1 unspecified atom stereocenters. The van der Waals surface area contributed by atoms with Gasteiger partial charge in [0, 0.05) is 43.7 Å². The Hall–Kier alpha value is -3.28. The molecule has 0 amide bonds. The molecule has 1 fully saturated rings. The lowest BCUT2D eigenvalue weighted by molar-refractivity contribution is 0.214. The highest BCUT2D eigenvalue weighted by atomic mass is 32.2. The zero-order valence-corrected chi connectivity index (χ0v) is 20.7. The SMILES string of the molecule is CC(c1ccc(-c2ccccc2)c(F)c1)c1cc(/N=C(/N)N2CCN(C)CC2)on1.CS(=O)(=O)O. The van der Waals surface area contributed by atoms with Gasteiger partial charge in [-0.1, -0.05) is 54.5 Å². The molecule has 1 saturated heterocycles. The predicted molar refractivity (Wildman–Crippen MR) is 134 cm³/mol. The second-order valence-corrected chi connectivity index (χ2v) is 9.88. The molecular weight excluding hydrogens is 473 g/mol. The normalized spacial score (nSPS) is 15.9. The summed E-state index contributed by atoms with van der Waals surface area (Å²) in [5, 5.41) is 4.13. The van der Waals surface area contributed by atoms with Gasteiger partial charge in [0.25, 0.3) is 16.0 Å². The lowest BCUT2D eigenvalue weighted by atomic mass is 9.95. The first-order valence-corrected chi connectivity index (χ1v) is 12.9. The van der Waals surface area contributed by atoms with Crippen LogP contribution in [0.2, 0.25) is 0 Å². The summed E-state index contributed by atoms with van der Waals surface area (Å²) < 4.78 is 46.0. The lowest BCUT2D eigenvalue weighted by Crippen LogP contribution is -2.49. The number of benzene rings is 2. The van der Waals surface area contributed by atoms with Crippen LogP contribution in [0.25, 0.3) is 11.1 Å². The zero-order chi connectivity index (χ0) is 25.6. The van der Waals surface area contributed by atoms with E-state index in [4.69, 9.17) is 14.8 Å². The molecule has 1 aromatic heterocycles. The Morgan fingerprint density at radius 3 is 2.37 bits per heavy atom. The van der Waals surface area contributed by atoms with Gasteiger partial charge in [0.15, 0.2) is 5.96 Å². The van der Waals surface area contributed by atoms with Gasteiger partial charge in [-0.2, -0.15) is 13.4 Å². The molecule has 11 heteroatoms. The first-order valence-electron chi connectivity index (χ1n) is 11.0. The van der Waals surface area contributed by atoms with Crippen molar-refractivity contribution in [2.75, 3.05) is 39.5 Å². The Balaban J connectivity index is 0.000000623. The van der Waals surface area contributed by atoms with E-state index in [0.29, 0.717) is 29.4 Å². The van der Waals surface area contributed by atoms with Crippen molar-refractivity contribution in [3.05, 3.63) is 71.7 Å². The van der Waals surface area contributed by atoms with Crippen molar-refractivity contribution in [3.63, 3.8) is 0 Å². The molecule has 188 valence electrons. The van der Waals surface area contributed by atoms with Gasteiger partial charge in [-0.3, -0.25) is 4.55 Å². The number of hydrogen-bond acceptors (Lipinski definition) is 6. The summed E-state index contributed by atoms with van der Waals surface area (Å²) in [5.41, 5.74) is 9.08. The molecule has 0 spiro atoms. The van der Waals surface area contributed by atoms with Crippen LogP contribution in [0.15, 0.2) is 64.1 Å². The minimum atomic E-state index is -3.67. The van der Waals surface area contributed by atoms with Gasteiger partial charge in [0.1, 0.15) is 5.82 Å². The van der Waals surface area contributed by atoms with Crippen LogP contribution in [-0.2, 0) is 10.1 Å². The summed E-state index contributed by atoms with van der Waals surface area (Å²) in [6.07, 6.45) is 0.715. The summed E-state index contributed by atoms with van der Waals surface area (Å²) in [5.74, 6) is 0.389. The molecule has 3 N–H and O–H groups in total. The van der Waals surface area contributed by atoms with Gasteiger partial charge in [-0.25, -0.2) is 4.39 Å². The number of rotatable bonds is 4. The van der Waals surface area contributed by atoms with Gasteiger partial charge < -0.3 is 20.1 Å². The summed E-state index contributed by atoms with van der Waals surface area (Å²) in [7, 11) is -1.58. The van der Waals surface area contributed by atoms with Crippen LogP contribution >= 0.6 is 0 Å². The molecule has 0 bridgehead atoms. The molecule has 0 aliphatic carbocycles. The molecule has 4 rings (SSSR count). The van der Waals surface area contributed by atoms with Gasteiger partial charge in [-0.15, -0.1) is 0 Å². The third kappa shape index (κ3) is 7.88. The second-order valence-electron chi connectivity index (χ2n) is 8.41. The van der Waals surface area contributed by atoms with E-state index in [1.165, 1.54) is 0 Å². The quantitative estimate of drug-likeness (QED) is 0.316. The van der Waals surface area contributed by atoms with E-state index in [2.05, 4.69) is 22.1 Å². The molecule has 3 aromatic rings. The smallest absolute Gasteiger partial charge is 0.261 e.